The van der Waals surface area contributed by atoms with Gasteiger partial charge < -0.3 is 15.6 Å². The van der Waals surface area contributed by atoms with Gasteiger partial charge in [-0.05, 0) is 29.8 Å². The number of ether oxygens (including phenoxy) is 1. The highest BCUT2D eigenvalue weighted by atomic mass is 16.5. The van der Waals surface area contributed by atoms with Gasteiger partial charge in [-0.15, -0.1) is 0 Å². The second kappa shape index (κ2) is 5.28. The van der Waals surface area contributed by atoms with Crippen LogP contribution in [0, 0.1) is 0 Å². The highest BCUT2D eigenvalue weighted by Gasteiger charge is 2.27. The molecule has 2 aromatic carbocycles. The molecule has 100 valence electrons. The van der Waals surface area contributed by atoms with Crippen LogP contribution in [0.5, 0.6) is 5.75 Å². The number of nitrogens with two attached hydrogens (primary N) is 1. The van der Waals surface area contributed by atoms with Gasteiger partial charge in [0.2, 0.25) is 0 Å². The van der Waals surface area contributed by atoms with Crippen LogP contribution in [0.3, 0.4) is 0 Å². The third-order valence-electron chi connectivity index (χ3n) is 3.10. The summed E-state index contributed by atoms with van der Waals surface area (Å²) in [5.41, 5.74) is 4.38. The van der Waals surface area contributed by atoms with Crippen molar-refractivity contribution in [1.82, 2.24) is 0 Å². The van der Waals surface area contributed by atoms with Crippen molar-refractivity contribution in [3.05, 3.63) is 42.5 Å². The molecule has 3 N–H and O–H groups in total. The Balaban J connectivity index is 2.00. The molecule has 2 aromatic rings. The van der Waals surface area contributed by atoms with E-state index in [1.54, 1.807) is 0 Å². The van der Waals surface area contributed by atoms with E-state index in [0.29, 0.717) is 0 Å². The van der Waals surface area contributed by atoms with Crippen LogP contribution in [0.15, 0.2) is 42.5 Å². The molecular weight excluding hydrogens is 242 g/mol. The molecule has 0 aliphatic rings. The fraction of sp³-hybridized carbons (Fsp3) is 0.267. The molecule has 0 amide bonds. The van der Waals surface area contributed by atoms with Crippen LogP contribution in [0.4, 0.5) is 0 Å². The minimum absolute atomic E-state index is 0.259. The summed E-state index contributed by atoms with van der Waals surface area (Å²) in [5.74, 6) is -0.297. The number of hydrogen-bond donors (Lipinski definition) is 2. The Morgan fingerprint density at radius 3 is 2.63 bits per heavy atom. The molecule has 4 heteroatoms. The summed E-state index contributed by atoms with van der Waals surface area (Å²) in [7, 11) is 0. The van der Waals surface area contributed by atoms with Gasteiger partial charge in [0.1, 0.15) is 11.3 Å². The Labute approximate surface area is 111 Å². The van der Waals surface area contributed by atoms with Gasteiger partial charge in [0.05, 0.1) is 6.61 Å². The summed E-state index contributed by atoms with van der Waals surface area (Å²) in [6.45, 7) is 1.76. The average molecular weight is 259 g/mol. The zero-order chi connectivity index (χ0) is 13.9. The Bertz CT molecular complexity index is 593. The van der Waals surface area contributed by atoms with Gasteiger partial charge in [0.15, 0.2) is 0 Å². The van der Waals surface area contributed by atoms with Gasteiger partial charge in [-0.2, -0.15) is 0 Å². The van der Waals surface area contributed by atoms with Crippen molar-refractivity contribution in [2.75, 3.05) is 6.61 Å². The van der Waals surface area contributed by atoms with Gasteiger partial charge in [-0.3, -0.25) is 4.79 Å². The molecule has 0 aromatic heterocycles. The normalized spacial score (nSPS) is 14.0. The Kier molecular flexibility index (Phi) is 3.71. The molecule has 0 saturated carbocycles. The lowest BCUT2D eigenvalue weighted by atomic mass is 10.0. The minimum atomic E-state index is -1.25. The third-order valence-corrected chi connectivity index (χ3v) is 3.10. The van der Waals surface area contributed by atoms with Gasteiger partial charge >= 0.3 is 5.97 Å². The molecule has 0 fully saturated rings. The minimum Gasteiger partial charge on any atom is -0.493 e. The zero-order valence-corrected chi connectivity index (χ0v) is 10.8. The SMILES string of the molecule is CC(N)(CCOc1ccc2ccccc2c1)C(=O)O. The summed E-state index contributed by atoms with van der Waals surface area (Å²) >= 11 is 0. The molecular formula is C15H17NO3. The first-order valence-corrected chi connectivity index (χ1v) is 6.13. The van der Waals surface area contributed by atoms with E-state index in [2.05, 4.69) is 0 Å². The number of carboxylic acids is 1. The van der Waals surface area contributed by atoms with Gasteiger partial charge in [-0.1, -0.05) is 30.3 Å². The van der Waals surface area contributed by atoms with E-state index in [9.17, 15) is 4.79 Å². The summed E-state index contributed by atoms with van der Waals surface area (Å²) < 4.78 is 5.56. The molecule has 0 heterocycles. The van der Waals surface area contributed by atoms with E-state index in [1.807, 2.05) is 42.5 Å². The molecule has 0 spiro atoms. The maximum absolute atomic E-state index is 10.9. The van der Waals surface area contributed by atoms with E-state index in [4.69, 9.17) is 15.6 Å². The quantitative estimate of drug-likeness (QED) is 0.864. The van der Waals surface area contributed by atoms with Crippen molar-refractivity contribution < 1.29 is 14.6 Å². The van der Waals surface area contributed by atoms with Crippen molar-refractivity contribution >= 4 is 16.7 Å². The molecule has 1 unspecified atom stereocenters. The topological polar surface area (TPSA) is 72.5 Å². The molecule has 2 rings (SSSR count). The van der Waals surface area contributed by atoms with Crippen molar-refractivity contribution in [2.24, 2.45) is 5.73 Å². The fourth-order valence-electron chi connectivity index (χ4n) is 1.75. The standard InChI is InChI=1S/C15H17NO3/c1-15(16,14(17)18)8-9-19-13-7-6-11-4-2-3-5-12(11)10-13/h2-7,10H,8-9,16H2,1H3,(H,17,18). The van der Waals surface area contributed by atoms with E-state index in [-0.39, 0.29) is 13.0 Å². The maximum atomic E-state index is 10.9. The molecule has 4 nitrogen and oxygen atoms in total. The van der Waals surface area contributed by atoms with Gasteiger partial charge in [0.25, 0.3) is 0 Å². The number of benzene rings is 2. The molecule has 0 aliphatic carbocycles. The number of aliphatic carboxylic acids is 1. The maximum Gasteiger partial charge on any atom is 0.323 e. The first kappa shape index (κ1) is 13.4. The average Bonchev–Trinajstić information content (AvgIpc) is 2.38. The summed E-state index contributed by atoms with van der Waals surface area (Å²) in [5, 5.41) is 11.1. The van der Waals surface area contributed by atoms with Gasteiger partial charge in [-0.25, -0.2) is 0 Å². The van der Waals surface area contributed by atoms with E-state index in [0.717, 1.165) is 16.5 Å². The molecule has 0 saturated heterocycles. The molecule has 0 bridgehead atoms. The van der Waals surface area contributed by atoms with Crippen LogP contribution in [-0.4, -0.2) is 23.2 Å². The van der Waals surface area contributed by atoms with Gasteiger partial charge in [0, 0.05) is 6.42 Å². The largest absolute Gasteiger partial charge is 0.493 e. The van der Waals surface area contributed by atoms with Crippen molar-refractivity contribution in [3.63, 3.8) is 0 Å². The number of hydrogen-bond acceptors (Lipinski definition) is 3. The van der Waals surface area contributed by atoms with Crippen LogP contribution >= 0.6 is 0 Å². The third kappa shape index (κ3) is 3.23. The van der Waals surface area contributed by atoms with E-state index < -0.39 is 11.5 Å². The zero-order valence-electron chi connectivity index (χ0n) is 10.8. The highest BCUT2D eigenvalue weighted by Crippen LogP contribution is 2.21. The number of carbonyl (C=O) groups is 1. The van der Waals surface area contributed by atoms with Crippen LogP contribution < -0.4 is 10.5 Å². The number of rotatable bonds is 5. The Hall–Kier alpha value is -2.07. The van der Waals surface area contributed by atoms with Crippen molar-refractivity contribution in [1.29, 1.82) is 0 Å². The molecule has 1 atom stereocenters. The van der Waals surface area contributed by atoms with E-state index in [1.165, 1.54) is 6.92 Å². The second-order valence-electron chi connectivity index (χ2n) is 4.83. The number of fused-ring (bicyclic) bond motifs is 1. The second-order valence-corrected chi connectivity index (χ2v) is 4.83. The molecule has 19 heavy (non-hydrogen) atoms. The molecule has 0 aliphatic heterocycles. The fourth-order valence-corrected chi connectivity index (χ4v) is 1.75. The summed E-state index contributed by atoms with van der Waals surface area (Å²) in [6, 6.07) is 13.8. The summed E-state index contributed by atoms with van der Waals surface area (Å²) in [6.07, 6.45) is 0.259. The Morgan fingerprint density at radius 2 is 1.95 bits per heavy atom. The van der Waals surface area contributed by atoms with Crippen LogP contribution in [-0.2, 0) is 4.79 Å². The lowest BCUT2D eigenvalue weighted by Crippen LogP contribution is -2.45. The lowest BCUT2D eigenvalue weighted by molar-refractivity contribution is -0.143. The van der Waals surface area contributed by atoms with Crippen molar-refractivity contribution in [2.45, 2.75) is 18.9 Å². The Morgan fingerprint density at radius 1 is 1.26 bits per heavy atom. The summed E-state index contributed by atoms with van der Waals surface area (Å²) in [4.78, 5) is 10.9. The first-order valence-electron chi connectivity index (χ1n) is 6.13. The van der Waals surface area contributed by atoms with Crippen molar-refractivity contribution in [3.8, 4) is 5.75 Å². The van der Waals surface area contributed by atoms with Crippen LogP contribution in [0.1, 0.15) is 13.3 Å². The molecule has 0 radical (unpaired) electrons. The van der Waals surface area contributed by atoms with E-state index >= 15 is 0 Å². The van der Waals surface area contributed by atoms with Crippen LogP contribution in [0.25, 0.3) is 10.8 Å². The number of carboxylic acid groups (broad SMARTS) is 1. The highest BCUT2D eigenvalue weighted by molar-refractivity contribution is 5.83. The predicted molar refractivity (Wildman–Crippen MR) is 74.3 cm³/mol. The van der Waals surface area contributed by atoms with Crippen LogP contribution in [0.2, 0.25) is 0 Å². The lowest BCUT2D eigenvalue weighted by Gasteiger charge is -2.19. The predicted octanol–water partition coefficient (Wildman–Crippen LogP) is 2.41. The monoisotopic (exact) mass is 259 g/mol. The smallest absolute Gasteiger partial charge is 0.323 e. The first-order chi connectivity index (χ1) is 8.99.